The third-order valence-electron chi connectivity index (χ3n) is 4.50. The van der Waals surface area contributed by atoms with Crippen LogP contribution in [0.3, 0.4) is 0 Å². The lowest BCUT2D eigenvalue weighted by molar-refractivity contribution is -0.266. The van der Waals surface area contributed by atoms with Crippen molar-refractivity contribution < 1.29 is 23.1 Å². The molecule has 1 atom stereocenters. The number of carbonyl (C=O) groups excluding carboxylic acids is 1. The molecule has 0 spiro atoms. The van der Waals surface area contributed by atoms with Crippen molar-refractivity contribution in [2.24, 2.45) is 0 Å². The molecule has 4 rings (SSSR count). The Balaban J connectivity index is 1.54. The van der Waals surface area contributed by atoms with Crippen LogP contribution in [-0.2, 0) is 10.4 Å². The summed E-state index contributed by atoms with van der Waals surface area (Å²) in [5.74, 6) is -0.644. The van der Waals surface area contributed by atoms with Crippen molar-refractivity contribution in [3.05, 3.63) is 72.0 Å². The average molecular weight is 444 g/mol. The number of para-hydroxylation sites is 1. The predicted molar refractivity (Wildman–Crippen MR) is 110 cm³/mol. The summed E-state index contributed by atoms with van der Waals surface area (Å²) in [5.41, 5.74) is -2.25. The third-order valence-corrected chi connectivity index (χ3v) is 5.69. The molecule has 0 fully saturated rings. The van der Waals surface area contributed by atoms with E-state index in [1.54, 1.807) is 30.3 Å². The number of aliphatic hydroxyl groups is 1. The first-order valence-electron chi connectivity index (χ1n) is 9.09. The number of rotatable bonds is 5. The molecular formula is C21H15F3N4O2S. The Morgan fingerprint density at radius 1 is 1.00 bits per heavy atom. The predicted octanol–water partition coefficient (Wildman–Crippen LogP) is 4.53. The maximum atomic E-state index is 13.8. The lowest BCUT2D eigenvalue weighted by Crippen LogP contribution is -2.45. The third kappa shape index (κ3) is 4.25. The van der Waals surface area contributed by atoms with E-state index in [4.69, 9.17) is 0 Å². The molecule has 2 aromatic heterocycles. The second kappa shape index (κ2) is 8.05. The minimum absolute atomic E-state index is 0.110. The van der Waals surface area contributed by atoms with E-state index in [1.165, 1.54) is 18.5 Å². The maximum Gasteiger partial charge on any atom is 0.424 e. The maximum absolute atomic E-state index is 13.8. The van der Waals surface area contributed by atoms with Crippen LogP contribution in [0.5, 0.6) is 0 Å². The number of aromatic nitrogens is 3. The highest BCUT2D eigenvalue weighted by atomic mass is 32.1. The van der Waals surface area contributed by atoms with E-state index in [2.05, 4.69) is 20.3 Å². The largest absolute Gasteiger partial charge is 0.424 e. The number of thiazole rings is 1. The summed E-state index contributed by atoms with van der Waals surface area (Å²) in [5, 5.41) is 12.2. The average Bonchev–Trinajstić information content (AvgIpc) is 3.19. The van der Waals surface area contributed by atoms with E-state index in [0.717, 1.165) is 5.56 Å². The van der Waals surface area contributed by atoms with Crippen LogP contribution in [0.1, 0.15) is 11.4 Å². The van der Waals surface area contributed by atoms with Crippen molar-refractivity contribution in [3.8, 4) is 11.4 Å². The minimum Gasteiger partial charge on any atom is -0.374 e. The standard InChI is InChI=1S/C21H15F3N4O2S/c22-21(23,24)20(30,19-28-15-8-4-5-9-16(15)31-19)10-17(29)27-14-11-25-18(26-12-14)13-6-2-1-3-7-13/h1-9,11-12,30H,10H2,(H,27,29). The van der Waals surface area contributed by atoms with Crippen LogP contribution in [-0.4, -0.2) is 32.1 Å². The number of hydrogen-bond donors (Lipinski definition) is 2. The minimum atomic E-state index is -5.11. The van der Waals surface area contributed by atoms with Crippen molar-refractivity contribution in [1.82, 2.24) is 15.0 Å². The van der Waals surface area contributed by atoms with Crippen molar-refractivity contribution in [1.29, 1.82) is 0 Å². The SMILES string of the molecule is O=C(CC(O)(c1nc2ccccc2s1)C(F)(F)F)Nc1cnc(-c2ccccc2)nc1. The van der Waals surface area contributed by atoms with Crippen molar-refractivity contribution in [2.75, 3.05) is 5.32 Å². The van der Waals surface area contributed by atoms with Crippen molar-refractivity contribution in [2.45, 2.75) is 18.2 Å². The quantitative estimate of drug-likeness (QED) is 0.472. The van der Waals surface area contributed by atoms with Gasteiger partial charge in [0, 0.05) is 5.56 Å². The number of fused-ring (bicyclic) bond motifs is 1. The lowest BCUT2D eigenvalue weighted by Gasteiger charge is -2.27. The highest BCUT2D eigenvalue weighted by molar-refractivity contribution is 7.18. The molecule has 2 aromatic carbocycles. The molecule has 0 bridgehead atoms. The number of hydrogen-bond acceptors (Lipinski definition) is 6. The van der Waals surface area contributed by atoms with Crippen LogP contribution in [0.2, 0.25) is 0 Å². The van der Waals surface area contributed by atoms with Gasteiger partial charge in [0.15, 0.2) is 5.82 Å². The summed E-state index contributed by atoms with van der Waals surface area (Å²) in [6, 6.07) is 15.5. The molecule has 0 aliphatic heterocycles. The fraction of sp³-hybridized carbons (Fsp3) is 0.143. The van der Waals surface area contributed by atoms with Crippen molar-refractivity contribution >= 4 is 33.1 Å². The number of anilines is 1. The first kappa shape index (κ1) is 20.9. The van der Waals surface area contributed by atoms with Crippen LogP contribution < -0.4 is 5.32 Å². The molecule has 0 aliphatic carbocycles. The topological polar surface area (TPSA) is 88.0 Å². The second-order valence-electron chi connectivity index (χ2n) is 6.73. The monoisotopic (exact) mass is 444 g/mol. The van der Waals surface area contributed by atoms with Crippen LogP contribution in [0.25, 0.3) is 21.6 Å². The smallest absolute Gasteiger partial charge is 0.374 e. The van der Waals surface area contributed by atoms with Crippen LogP contribution >= 0.6 is 11.3 Å². The van der Waals surface area contributed by atoms with Gasteiger partial charge in [-0.25, -0.2) is 15.0 Å². The Morgan fingerprint density at radius 2 is 1.65 bits per heavy atom. The zero-order valence-corrected chi connectivity index (χ0v) is 16.6. The van der Waals surface area contributed by atoms with Crippen LogP contribution in [0, 0.1) is 0 Å². The van der Waals surface area contributed by atoms with E-state index in [1.807, 2.05) is 18.2 Å². The van der Waals surface area contributed by atoms with Crippen LogP contribution in [0.4, 0.5) is 18.9 Å². The highest BCUT2D eigenvalue weighted by Gasteiger charge is 2.58. The number of halogens is 3. The molecule has 1 unspecified atom stereocenters. The molecule has 2 heterocycles. The fourth-order valence-corrected chi connectivity index (χ4v) is 3.99. The van der Waals surface area contributed by atoms with Gasteiger partial charge in [-0.05, 0) is 12.1 Å². The van der Waals surface area contributed by atoms with Gasteiger partial charge in [-0.3, -0.25) is 4.79 Å². The molecule has 158 valence electrons. The summed E-state index contributed by atoms with van der Waals surface area (Å²) in [6.07, 6.45) is -3.78. The van der Waals surface area contributed by atoms with Gasteiger partial charge >= 0.3 is 6.18 Å². The van der Waals surface area contributed by atoms with E-state index in [0.29, 0.717) is 27.4 Å². The first-order chi connectivity index (χ1) is 14.8. The van der Waals surface area contributed by atoms with Gasteiger partial charge in [-0.2, -0.15) is 13.2 Å². The fourth-order valence-electron chi connectivity index (χ4n) is 2.91. The van der Waals surface area contributed by atoms with Crippen LogP contribution in [0.15, 0.2) is 67.0 Å². The number of alkyl halides is 3. The first-order valence-corrected chi connectivity index (χ1v) is 9.90. The van der Waals surface area contributed by atoms with Gasteiger partial charge in [0.2, 0.25) is 11.5 Å². The number of nitrogens with one attached hydrogen (secondary N) is 1. The van der Waals surface area contributed by atoms with Crippen molar-refractivity contribution in [3.63, 3.8) is 0 Å². The Labute approximate surface area is 178 Å². The van der Waals surface area contributed by atoms with E-state index >= 15 is 0 Å². The van der Waals surface area contributed by atoms with E-state index in [9.17, 15) is 23.1 Å². The van der Waals surface area contributed by atoms with Gasteiger partial charge in [0.25, 0.3) is 0 Å². The molecular weight excluding hydrogens is 429 g/mol. The molecule has 10 heteroatoms. The summed E-state index contributed by atoms with van der Waals surface area (Å²) < 4.78 is 41.8. The number of nitrogens with zero attached hydrogens (tertiary/aromatic N) is 3. The zero-order valence-electron chi connectivity index (χ0n) is 15.8. The summed E-state index contributed by atoms with van der Waals surface area (Å²) in [6.45, 7) is 0. The normalized spacial score (nSPS) is 13.7. The molecule has 0 aliphatic rings. The molecule has 0 saturated carbocycles. The molecule has 4 aromatic rings. The Bertz CT molecular complexity index is 1180. The Kier molecular flexibility index (Phi) is 5.42. The van der Waals surface area contributed by atoms with Gasteiger partial charge < -0.3 is 10.4 Å². The van der Waals surface area contributed by atoms with Gasteiger partial charge in [0.05, 0.1) is 34.7 Å². The van der Waals surface area contributed by atoms with Gasteiger partial charge in [-0.1, -0.05) is 42.5 Å². The molecule has 2 N–H and O–H groups in total. The molecule has 0 saturated heterocycles. The van der Waals surface area contributed by atoms with Gasteiger partial charge in [0.1, 0.15) is 5.01 Å². The number of amides is 1. The lowest BCUT2D eigenvalue weighted by atomic mass is 9.99. The van der Waals surface area contributed by atoms with Gasteiger partial charge in [-0.15, -0.1) is 11.3 Å². The number of benzene rings is 2. The highest BCUT2D eigenvalue weighted by Crippen LogP contribution is 2.44. The summed E-state index contributed by atoms with van der Waals surface area (Å²) >= 11 is 0.693. The Morgan fingerprint density at radius 3 is 2.29 bits per heavy atom. The summed E-state index contributed by atoms with van der Waals surface area (Å²) in [4.78, 5) is 24.5. The van der Waals surface area contributed by atoms with E-state index < -0.39 is 29.1 Å². The Hall–Kier alpha value is -3.37. The summed E-state index contributed by atoms with van der Waals surface area (Å²) in [7, 11) is 0. The zero-order chi connectivity index (χ0) is 22.1. The molecule has 6 nitrogen and oxygen atoms in total. The second-order valence-corrected chi connectivity index (χ2v) is 7.76. The molecule has 1 amide bonds. The number of carbonyl (C=O) groups is 1. The molecule has 0 radical (unpaired) electrons. The van der Waals surface area contributed by atoms with E-state index in [-0.39, 0.29) is 5.69 Å². The molecule has 31 heavy (non-hydrogen) atoms.